The van der Waals surface area contributed by atoms with Gasteiger partial charge in [0.25, 0.3) is 10.0 Å². The number of anilines is 1. The van der Waals surface area contributed by atoms with Crippen molar-refractivity contribution in [2.24, 2.45) is 0 Å². The molecule has 0 fully saturated rings. The first kappa shape index (κ1) is 21.6. The van der Waals surface area contributed by atoms with Gasteiger partial charge in [-0.05, 0) is 51.3 Å². The van der Waals surface area contributed by atoms with Crippen LogP contribution in [0.25, 0.3) is 11.1 Å². The van der Waals surface area contributed by atoms with Crippen molar-refractivity contribution in [1.82, 2.24) is 4.98 Å². The maximum Gasteiger partial charge on any atom is 0.338 e. The molecule has 0 unspecified atom stereocenters. The Morgan fingerprint density at radius 1 is 1.25 bits per heavy atom. The number of carbonyl (C=O) groups is 1. The number of esters is 1. The van der Waals surface area contributed by atoms with Crippen LogP contribution >= 0.6 is 15.9 Å². The molecule has 0 radical (unpaired) electrons. The van der Waals surface area contributed by atoms with Crippen LogP contribution < -0.4 is 9.46 Å². The van der Waals surface area contributed by atoms with Gasteiger partial charge in [0.1, 0.15) is 23.3 Å². The number of carbonyl (C=O) groups excluding carboxylic acids is 1. The number of cyclic esters (lactones) is 1. The van der Waals surface area contributed by atoms with Gasteiger partial charge in [-0.1, -0.05) is 6.07 Å². The van der Waals surface area contributed by atoms with Gasteiger partial charge in [0.15, 0.2) is 0 Å². The van der Waals surface area contributed by atoms with Crippen LogP contribution in [0.3, 0.4) is 0 Å². The summed E-state index contributed by atoms with van der Waals surface area (Å²) < 4.78 is 39.1. The zero-order chi connectivity index (χ0) is 23.0. The standard InChI is InChI=1S/C21H14BrN3O6S/c1-30-19-7-15-11-2-3-12(8-23)17(5-11)25-32(28,29)18-6-13(4-16(22)20(18)26)21(27)31-10-14(15)9-24-19/h2-7,9,25-26H,10H2,1H3. The molecule has 32 heavy (non-hydrogen) atoms. The lowest BCUT2D eigenvalue weighted by Gasteiger charge is -2.14. The summed E-state index contributed by atoms with van der Waals surface area (Å²) in [4.78, 5) is 16.3. The number of hydrogen-bond donors (Lipinski definition) is 2. The molecule has 4 bridgehead atoms. The van der Waals surface area contributed by atoms with Gasteiger partial charge in [-0.15, -0.1) is 0 Å². The van der Waals surface area contributed by atoms with Gasteiger partial charge in [0.2, 0.25) is 5.88 Å². The zero-order valence-electron chi connectivity index (χ0n) is 16.4. The van der Waals surface area contributed by atoms with Crippen molar-refractivity contribution in [2.45, 2.75) is 11.5 Å². The molecule has 162 valence electrons. The van der Waals surface area contributed by atoms with Crippen molar-refractivity contribution < 1.29 is 27.8 Å². The number of pyridine rings is 1. The van der Waals surface area contributed by atoms with E-state index >= 15 is 0 Å². The van der Waals surface area contributed by atoms with Crippen molar-refractivity contribution >= 4 is 37.6 Å². The molecule has 11 heteroatoms. The Bertz CT molecular complexity index is 1420. The minimum absolute atomic E-state index is 0.000790. The number of phenolic OH excluding ortho intramolecular Hbond substituents is 1. The number of sulfonamides is 1. The molecule has 0 spiro atoms. The summed E-state index contributed by atoms with van der Waals surface area (Å²) in [5.41, 5.74) is 1.62. The fourth-order valence-electron chi connectivity index (χ4n) is 3.18. The van der Waals surface area contributed by atoms with Crippen LogP contribution in [0.5, 0.6) is 11.6 Å². The summed E-state index contributed by atoms with van der Waals surface area (Å²) in [5.74, 6) is -1.09. The lowest BCUT2D eigenvalue weighted by molar-refractivity contribution is 0.0472. The summed E-state index contributed by atoms with van der Waals surface area (Å²) in [5, 5.41) is 19.8. The number of nitriles is 1. The van der Waals surface area contributed by atoms with E-state index in [0.717, 1.165) is 6.07 Å². The topological polar surface area (TPSA) is 139 Å². The number of aromatic nitrogens is 1. The minimum atomic E-state index is -4.38. The highest BCUT2D eigenvalue weighted by Crippen LogP contribution is 2.36. The van der Waals surface area contributed by atoms with Crippen LogP contribution in [0, 0.1) is 11.3 Å². The lowest BCUT2D eigenvalue weighted by atomic mass is 9.99. The third kappa shape index (κ3) is 3.86. The van der Waals surface area contributed by atoms with Gasteiger partial charge in [-0.3, -0.25) is 4.72 Å². The van der Waals surface area contributed by atoms with Crippen molar-refractivity contribution in [1.29, 1.82) is 5.26 Å². The molecule has 0 aliphatic carbocycles. The first-order valence-corrected chi connectivity index (χ1v) is 11.3. The molecular formula is C21H14BrN3O6S. The number of phenols is 1. The molecular weight excluding hydrogens is 502 g/mol. The molecule has 0 amide bonds. The summed E-state index contributed by atoms with van der Waals surface area (Å²) in [6, 6.07) is 10.4. The maximum atomic E-state index is 13.1. The summed E-state index contributed by atoms with van der Waals surface area (Å²) in [6.07, 6.45) is 1.49. The number of nitrogens with one attached hydrogen (secondary N) is 1. The minimum Gasteiger partial charge on any atom is -0.505 e. The van der Waals surface area contributed by atoms with Crippen LogP contribution in [-0.4, -0.2) is 31.6 Å². The predicted molar refractivity (Wildman–Crippen MR) is 117 cm³/mol. The molecule has 0 saturated carbocycles. The number of rotatable bonds is 1. The number of nitrogens with zero attached hydrogens (tertiary/aromatic N) is 2. The Balaban J connectivity index is 2.01. The van der Waals surface area contributed by atoms with Crippen LogP contribution in [0.4, 0.5) is 5.69 Å². The van der Waals surface area contributed by atoms with E-state index in [-0.39, 0.29) is 27.9 Å². The van der Waals surface area contributed by atoms with Gasteiger partial charge in [-0.2, -0.15) is 5.26 Å². The number of aromatic hydroxyl groups is 1. The average molecular weight is 516 g/mol. The van der Waals surface area contributed by atoms with Gasteiger partial charge in [0.05, 0.1) is 28.4 Å². The molecule has 0 atom stereocenters. The van der Waals surface area contributed by atoms with Gasteiger partial charge < -0.3 is 14.6 Å². The Kier molecular flexibility index (Phi) is 5.50. The largest absolute Gasteiger partial charge is 0.505 e. The van der Waals surface area contributed by atoms with Crippen molar-refractivity contribution in [3.05, 3.63) is 63.8 Å². The van der Waals surface area contributed by atoms with Gasteiger partial charge in [-0.25, -0.2) is 18.2 Å². The molecule has 0 saturated heterocycles. The highest BCUT2D eigenvalue weighted by atomic mass is 79.9. The molecule has 2 N–H and O–H groups in total. The summed E-state index contributed by atoms with van der Waals surface area (Å²) in [7, 11) is -2.94. The lowest BCUT2D eigenvalue weighted by Crippen LogP contribution is -2.15. The van der Waals surface area contributed by atoms with E-state index in [4.69, 9.17) is 9.47 Å². The molecule has 9 nitrogen and oxygen atoms in total. The number of hydrogen-bond acceptors (Lipinski definition) is 8. The number of benzene rings is 2. The van der Waals surface area contributed by atoms with Gasteiger partial charge in [0, 0.05) is 17.8 Å². The second-order valence-corrected chi connectivity index (χ2v) is 9.25. The van der Waals surface area contributed by atoms with E-state index < -0.39 is 26.6 Å². The molecule has 1 aliphatic heterocycles. The van der Waals surface area contributed by atoms with Crippen LogP contribution in [0.2, 0.25) is 0 Å². The quantitative estimate of drug-likeness (QED) is 0.468. The van der Waals surface area contributed by atoms with E-state index in [0.29, 0.717) is 22.6 Å². The molecule has 2 heterocycles. The Morgan fingerprint density at radius 2 is 2.03 bits per heavy atom. The van der Waals surface area contributed by atoms with Gasteiger partial charge >= 0.3 is 5.97 Å². The van der Waals surface area contributed by atoms with E-state index in [1.807, 2.05) is 6.07 Å². The maximum absolute atomic E-state index is 13.1. The molecule has 2 aromatic carbocycles. The number of fused-ring (bicyclic) bond motifs is 6. The van der Waals surface area contributed by atoms with E-state index in [1.165, 1.54) is 31.5 Å². The average Bonchev–Trinajstić information content (AvgIpc) is 2.78. The molecule has 3 aromatic rings. The van der Waals surface area contributed by atoms with Crippen molar-refractivity contribution in [3.63, 3.8) is 0 Å². The first-order chi connectivity index (χ1) is 15.2. The van der Waals surface area contributed by atoms with E-state index in [9.17, 15) is 23.6 Å². The smallest absolute Gasteiger partial charge is 0.338 e. The Morgan fingerprint density at radius 3 is 2.75 bits per heavy atom. The normalized spacial score (nSPS) is 14.3. The fourth-order valence-corrected chi connectivity index (χ4v) is 4.98. The number of methoxy groups -OCH3 is 1. The third-order valence-electron chi connectivity index (χ3n) is 4.78. The highest BCUT2D eigenvalue weighted by molar-refractivity contribution is 9.10. The molecule has 1 aromatic heterocycles. The Labute approximate surface area is 191 Å². The number of halogens is 1. The SMILES string of the molecule is COc1cc2c(cn1)COC(=O)c1cc(Br)c(O)c(c1)S(=O)(=O)Nc1cc-2ccc1C#N. The molecule has 1 aliphatic rings. The first-order valence-electron chi connectivity index (χ1n) is 9.03. The fraction of sp³-hybridized carbons (Fsp3) is 0.0952. The Hall–Kier alpha value is -3.62. The predicted octanol–water partition coefficient (Wildman–Crippen LogP) is 3.57. The van der Waals surface area contributed by atoms with E-state index in [2.05, 4.69) is 25.6 Å². The van der Waals surface area contributed by atoms with Crippen molar-refractivity contribution in [3.8, 4) is 28.8 Å². The van der Waals surface area contributed by atoms with E-state index in [1.54, 1.807) is 12.1 Å². The monoisotopic (exact) mass is 515 g/mol. The van der Waals surface area contributed by atoms with Crippen molar-refractivity contribution in [2.75, 3.05) is 11.8 Å². The van der Waals surface area contributed by atoms with Crippen LogP contribution in [0.15, 0.2) is 52.0 Å². The summed E-state index contributed by atoms with van der Waals surface area (Å²) in [6.45, 7) is -0.158. The summed E-state index contributed by atoms with van der Waals surface area (Å²) >= 11 is 3.07. The van der Waals surface area contributed by atoms with Crippen LogP contribution in [0.1, 0.15) is 21.5 Å². The second-order valence-electron chi connectivity index (χ2n) is 6.74. The highest BCUT2D eigenvalue weighted by Gasteiger charge is 2.26. The molecule has 4 rings (SSSR count). The zero-order valence-corrected chi connectivity index (χ0v) is 18.8. The van der Waals surface area contributed by atoms with Crippen LogP contribution in [-0.2, 0) is 21.4 Å². The second kappa shape index (κ2) is 8.14. The number of ether oxygens (including phenoxy) is 2. The third-order valence-corrected chi connectivity index (χ3v) is 6.76.